The Morgan fingerprint density at radius 2 is 2.38 bits per heavy atom. The summed E-state index contributed by atoms with van der Waals surface area (Å²) < 4.78 is 2.29. The number of aromatic nitrogens is 2. The van der Waals surface area contributed by atoms with Crippen LogP contribution in [0.5, 0.6) is 0 Å². The lowest BCUT2D eigenvalue weighted by Gasteiger charge is -2.13. The number of hydrogen-bond donors (Lipinski definition) is 1. The Morgan fingerprint density at radius 1 is 1.75 bits per heavy atom. The van der Waals surface area contributed by atoms with Crippen molar-refractivity contribution in [2.24, 2.45) is 5.73 Å². The molecule has 0 spiro atoms. The van der Waals surface area contributed by atoms with Gasteiger partial charge in [-0.2, -0.15) is 5.10 Å². The first-order valence-corrected chi connectivity index (χ1v) is 5.74. The monoisotopic (exact) mass is 283 g/mol. The second-order valence-corrected chi connectivity index (χ2v) is 4.61. The molecule has 0 saturated heterocycles. The molecule has 1 rings (SSSR count). The van der Waals surface area contributed by atoms with E-state index >= 15 is 0 Å². The molecule has 2 N–H and O–H groups in total. The molecule has 0 bridgehead atoms. The van der Waals surface area contributed by atoms with E-state index in [2.05, 4.69) is 26.9 Å². The van der Waals surface area contributed by atoms with E-state index in [0.717, 1.165) is 0 Å². The van der Waals surface area contributed by atoms with Crippen molar-refractivity contribution in [3.63, 3.8) is 0 Å². The van der Waals surface area contributed by atoms with Crippen LogP contribution in [0.25, 0.3) is 0 Å². The number of ketones is 1. The second kappa shape index (κ2) is 5.28. The van der Waals surface area contributed by atoms with Gasteiger partial charge in [-0.05, 0) is 29.8 Å². The average Bonchev–Trinajstić information content (AvgIpc) is 2.59. The van der Waals surface area contributed by atoms with Gasteiger partial charge >= 0.3 is 0 Å². The largest absolute Gasteiger partial charge is 0.320 e. The van der Waals surface area contributed by atoms with Gasteiger partial charge in [0.15, 0.2) is 5.78 Å². The lowest BCUT2D eigenvalue weighted by Crippen LogP contribution is -2.32. The minimum Gasteiger partial charge on any atom is -0.320 e. The maximum atomic E-state index is 12.0. The summed E-state index contributed by atoms with van der Waals surface area (Å²) in [6.45, 7) is 3.89. The van der Waals surface area contributed by atoms with Gasteiger partial charge in [0.1, 0.15) is 5.69 Å². The molecule has 0 radical (unpaired) electrons. The van der Waals surface area contributed by atoms with E-state index < -0.39 is 6.04 Å². The predicted molar refractivity (Wildman–Crippen MR) is 66.1 cm³/mol. The molecule has 1 heterocycles. The summed E-state index contributed by atoms with van der Waals surface area (Å²) in [5.74, 6) is 2.20. The van der Waals surface area contributed by atoms with Gasteiger partial charge in [0.2, 0.25) is 0 Å². The van der Waals surface area contributed by atoms with Crippen LogP contribution in [0.15, 0.2) is 10.7 Å². The first-order valence-electron chi connectivity index (χ1n) is 4.95. The number of nitrogens with zero attached hydrogens (tertiary/aromatic N) is 2. The fraction of sp³-hybridized carbons (Fsp3) is 0.455. The summed E-state index contributed by atoms with van der Waals surface area (Å²) in [6.07, 6.45) is 6.96. The van der Waals surface area contributed by atoms with Gasteiger partial charge in [0, 0.05) is 12.5 Å². The summed E-state index contributed by atoms with van der Waals surface area (Å²) in [5, 5.41) is 4.12. The standard InChI is InChI=1S/C11H14BrN3O/c1-4-5-9(13)11(16)10-8(12)6-14-15(10)7(2)3/h1,6-7,9H,5,13H2,2-3H3. The van der Waals surface area contributed by atoms with E-state index in [0.29, 0.717) is 10.2 Å². The number of terminal acetylenes is 1. The summed E-state index contributed by atoms with van der Waals surface area (Å²) in [7, 11) is 0. The van der Waals surface area contributed by atoms with Crippen LogP contribution in [0, 0.1) is 12.3 Å². The lowest BCUT2D eigenvalue weighted by atomic mass is 10.1. The van der Waals surface area contributed by atoms with Crippen LogP contribution >= 0.6 is 15.9 Å². The third-order valence-electron chi connectivity index (χ3n) is 2.15. The summed E-state index contributed by atoms with van der Waals surface area (Å²) in [6, 6.07) is -0.571. The number of nitrogens with two attached hydrogens (primary N) is 1. The first kappa shape index (κ1) is 12.9. The molecule has 0 aliphatic rings. The molecule has 0 aromatic carbocycles. The summed E-state index contributed by atoms with van der Waals surface area (Å²) in [4.78, 5) is 12.0. The molecule has 0 aliphatic heterocycles. The quantitative estimate of drug-likeness (QED) is 0.677. The Bertz CT molecular complexity index is 431. The first-order chi connectivity index (χ1) is 7.49. The zero-order valence-corrected chi connectivity index (χ0v) is 10.9. The van der Waals surface area contributed by atoms with Crippen molar-refractivity contribution in [1.29, 1.82) is 0 Å². The van der Waals surface area contributed by atoms with Gasteiger partial charge in [-0.25, -0.2) is 0 Å². The van der Waals surface area contributed by atoms with Crippen LogP contribution in [0.2, 0.25) is 0 Å². The molecule has 5 heteroatoms. The fourth-order valence-electron chi connectivity index (χ4n) is 1.36. The molecule has 4 nitrogen and oxygen atoms in total. The Balaban J connectivity index is 3.08. The van der Waals surface area contributed by atoms with Crippen molar-refractivity contribution < 1.29 is 4.79 Å². The van der Waals surface area contributed by atoms with Crippen molar-refractivity contribution in [2.45, 2.75) is 32.4 Å². The third kappa shape index (κ3) is 2.52. The number of Topliss-reactive ketones (excluding diaryl/α,β-unsaturated/α-hetero) is 1. The minimum absolute atomic E-state index is 0.100. The van der Waals surface area contributed by atoms with Crippen molar-refractivity contribution in [1.82, 2.24) is 9.78 Å². The maximum absolute atomic E-state index is 12.0. The van der Waals surface area contributed by atoms with E-state index in [1.54, 1.807) is 10.9 Å². The normalized spacial score (nSPS) is 12.5. The highest BCUT2D eigenvalue weighted by Gasteiger charge is 2.23. The smallest absolute Gasteiger partial charge is 0.199 e. The van der Waals surface area contributed by atoms with Crippen molar-refractivity contribution in [3.05, 3.63) is 16.4 Å². The second-order valence-electron chi connectivity index (χ2n) is 3.76. The molecular formula is C11H14BrN3O. The van der Waals surface area contributed by atoms with Gasteiger partial charge in [0.25, 0.3) is 0 Å². The highest BCUT2D eigenvalue weighted by atomic mass is 79.9. The molecule has 1 aromatic rings. The maximum Gasteiger partial charge on any atom is 0.199 e. The van der Waals surface area contributed by atoms with E-state index in [1.807, 2.05) is 13.8 Å². The number of carbonyl (C=O) groups excluding carboxylic acids is 1. The van der Waals surface area contributed by atoms with Gasteiger partial charge in [0.05, 0.1) is 16.7 Å². The molecule has 1 atom stereocenters. The molecule has 0 fully saturated rings. The van der Waals surface area contributed by atoms with Crippen LogP contribution < -0.4 is 5.73 Å². The minimum atomic E-state index is -0.671. The fourth-order valence-corrected chi connectivity index (χ4v) is 1.83. The van der Waals surface area contributed by atoms with E-state index in [-0.39, 0.29) is 18.2 Å². The molecule has 0 aliphatic carbocycles. The van der Waals surface area contributed by atoms with Crippen LogP contribution in [0.4, 0.5) is 0 Å². The Hall–Kier alpha value is -1.12. The highest BCUT2D eigenvalue weighted by molar-refractivity contribution is 9.10. The zero-order chi connectivity index (χ0) is 12.3. The topological polar surface area (TPSA) is 60.9 Å². The molecule has 1 unspecified atom stereocenters. The molecule has 16 heavy (non-hydrogen) atoms. The van der Waals surface area contributed by atoms with Gasteiger partial charge < -0.3 is 5.73 Å². The number of halogens is 1. The zero-order valence-electron chi connectivity index (χ0n) is 9.27. The Labute approximate surface area is 103 Å². The number of rotatable bonds is 4. The summed E-state index contributed by atoms with van der Waals surface area (Å²) in [5.41, 5.74) is 6.19. The van der Waals surface area contributed by atoms with E-state index in [1.165, 1.54) is 0 Å². The van der Waals surface area contributed by atoms with Crippen molar-refractivity contribution >= 4 is 21.7 Å². The van der Waals surface area contributed by atoms with Crippen LogP contribution in [-0.4, -0.2) is 21.6 Å². The van der Waals surface area contributed by atoms with E-state index in [4.69, 9.17) is 12.2 Å². The van der Waals surface area contributed by atoms with Gasteiger partial charge in [-0.3, -0.25) is 9.48 Å². The molecular weight excluding hydrogens is 270 g/mol. The lowest BCUT2D eigenvalue weighted by molar-refractivity contribution is 0.0949. The Morgan fingerprint density at radius 3 is 2.88 bits per heavy atom. The SMILES string of the molecule is C#CCC(N)C(=O)c1c(Br)cnn1C(C)C. The molecule has 0 amide bonds. The number of carbonyl (C=O) groups is 1. The van der Waals surface area contributed by atoms with Gasteiger partial charge in [-0.15, -0.1) is 12.3 Å². The van der Waals surface area contributed by atoms with E-state index in [9.17, 15) is 4.79 Å². The van der Waals surface area contributed by atoms with Crippen molar-refractivity contribution in [3.8, 4) is 12.3 Å². The molecule has 1 aromatic heterocycles. The predicted octanol–water partition coefficient (Wildman–Crippen LogP) is 1.76. The van der Waals surface area contributed by atoms with Crippen LogP contribution in [0.1, 0.15) is 36.8 Å². The van der Waals surface area contributed by atoms with Crippen molar-refractivity contribution in [2.75, 3.05) is 0 Å². The Kier molecular flexibility index (Phi) is 4.27. The highest BCUT2D eigenvalue weighted by Crippen LogP contribution is 2.21. The molecule has 0 saturated carbocycles. The molecule has 86 valence electrons. The van der Waals surface area contributed by atoms with Crippen LogP contribution in [-0.2, 0) is 0 Å². The third-order valence-corrected chi connectivity index (χ3v) is 2.73. The van der Waals surface area contributed by atoms with Crippen LogP contribution in [0.3, 0.4) is 0 Å². The summed E-state index contributed by atoms with van der Waals surface area (Å²) >= 11 is 3.29. The van der Waals surface area contributed by atoms with Gasteiger partial charge in [-0.1, -0.05) is 0 Å². The number of hydrogen-bond acceptors (Lipinski definition) is 3. The average molecular weight is 284 g/mol.